The van der Waals surface area contributed by atoms with Crippen molar-refractivity contribution in [2.24, 2.45) is 4.99 Å². The minimum atomic E-state index is -0.541. The summed E-state index contributed by atoms with van der Waals surface area (Å²) in [5.41, 5.74) is 0.883. The van der Waals surface area contributed by atoms with E-state index in [1.165, 1.54) is 24.4 Å². The Kier molecular flexibility index (Phi) is 8.07. The Morgan fingerprint density at radius 3 is 2.57 bits per heavy atom. The van der Waals surface area contributed by atoms with Crippen LogP contribution in [0.2, 0.25) is 0 Å². The molecule has 5 heteroatoms. The largest absolute Gasteiger partial charge is 0.379 e. The lowest BCUT2D eigenvalue weighted by Gasteiger charge is -2.38. The van der Waals surface area contributed by atoms with Gasteiger partial charge in [0.1, 0.15) is 5.83 Å². The van der Waals surface area contributed by atoms with Gasteiger partial charge in [0, 0.05) is 25.3 Å². The molecule has 1 aromatic carbocycles. The first-order valence-electron chi connectivity index (χ1n) is 10.0. The fraction of sp³-hybridized carbons (Fsp3) is 0.360. The first kappa shape index (κ1) is 23.5. The van der Waals surface area contributed by atoms with Crippen LogP contribution >= 0.6 is 0 Å². The van der Waals surface area contributed by atoms with E-state index in [9.17, 15) is 9.18 Å². The van der Waals surface area contributed by atoms with Crippen molar-refractivity contribution in [3.05, 3.63) is 83.9 Å². The van der Waals surface area contributed by atoms with Crippen LogP contribution in [0.15, 0.2) is 83.3 Å². The van der Waals surface area contributed by atoms with Crippen LogP contribution in [0, 0.1) is 0 Å². The molecule has 1 amide bonds. The minimum Gasteiger partial charge on any atom is -0.379 e. The Bertz CT molecular complexity index is 882. The highest BCUT2D eigenvalue weighted by molar-refractivity contribution is 6.13. The second-order valence-corrected chi connectivity index (χ2v) is 8.33. The molecule has 0 fully saturated rings. The highest BCUT2D eigenvalue weighted by Crippen LogP contribution is 2.27. The van der Waals surface area contributed by atoms with E-state index in [1.54, 1.807) is 13.2 Å². The van der Waals surface area contributed by atoms with Crippen LogP contribution < -0.4 is 5.32 Å². The first-order chi connectivity index (χ1) is 14.2. The Balaban J connectivity index is 2.18. The van der Waals surface area contributed by atoms with Gasteiger partial charge in [-0.1, -0.05) is 55.1 Å². The molecule has 4 nitrogen and oxygen atoms in total. The molecule has 1 atom stereocenters. The maximum Gasteiger partial charge on any atom is 0.252 e. The fourth-order valence-corrected chi connectivity index (χ4v) is 3.57. The number of allylic oxidation sites excluding steroid dienone is 5. The topological polar surface area (TPSA) is 50.7 Å². The number of hydrogen-bond donors (Lipinski definition) is 1. The third-order valence-corrected chi connectivity index (χ3v) is 5.01. The molecule has 0 radical (unpaired) electrons. The number of benzene rings is 1. The van der Waals surface area contributed by atoms with Gasteiger partial charge in [0.25, 0.3) is 5.91 Å². The first-order valence-corrected chi connectivity index (χ1v) is 10.0. The highest BCUT2D eigenvalue weighted by Gasteiger charge is 2.34. The molecule has 0 bridgehead atoms. The highest BCUT2D eigenvalue weighted by atomic mass is 19.1. The van der Waals surface area contributed by atoms with Crippen molar-refractivity contribution < 1.29 is 13.9 Å². The van der Waals surface area contributed by atoms with Gasteiger partial charge in [-0.2, -0.15) is 0 Å². The summed E-state index contributed by atoms with van der Waals surface area (Å²) in [6.45, 7) is 9.54. The zero-order chi connectivity index (χ0) is 22.2. The van der Waals surface area contributed by atoms with Crippen molar-refractivity contribution in [2.45, 2.75) is 51.2 Å². The van der Waals surface area contributed by atoms with E-state index in [2.05, 4.69) is 16.9 Å². The number of nitrogens with zero attached hydrogens (tertiary/aromatic N) is 1. The molecule has 160 valence electrons. The van der Waals surface area contributed by atoms with Crippen molar-refractivity contribution in [2.75, 3.05) is 7.11 Å². The van der Waals surface area contributed by atoms with Crippen LogP contribution in [0.4, 0.5) is 4.39 Å². The lowest BCUT2D eigenvalue weighted by Crippen LogP contribution is -2.52. The molecule has 0 aromatic heterocycles. The summed E-state index contributed by atoms with van der Waals surface area (Å²) in [5.74, 6) is -0.664. The van der Waals surface area contributed by atoms with Gasteiger partial charge in [-0.05, 0) is 45.3 Å². The van der Waals surface area contributed by atoms with E-state index in [0.717, 1.165) is 5.56 Å². The van der Waals surface area contributed by atoms with E-state index in [1.807, 2.05) is 51.1 Å². The molecule has 0 saturated carbocycles. The van der Waals surface area contributed by atoms with Crippen molar-refractivity contribution >= 4 is 12.1 Å². The number of amides is 1. The Labute approximate surface area is 178 Å². The third kappa shape index (κ3) is 6.92. The number of rotatable bonds is 9. The Morgan fingerprint density at radius 1 is 1.30 bits per heavy atom. The quantitative estimate of drug-likeness (QED) is 0.566. The molecule has 0 aliphatic carbocycles. The van der Waals surface area contributed by atoms with Gasteiger partial charge in [0.15, 0.2) is 0 Å². The van der Waals surface area contributed by atoms with Crippen LogP contribution in [0.3, 0.4) is 0 Å². The van der Waals surface area contributed by atoms with E-state index in [-0.39, 0.29) is 18.0 Å². The molecule has 1 aromatic rings. The van der Waals surface area contributed by atoms with Crippen molar-refractivity contribution in [1.82, 2.24) is 5.32 Å². The van der Waals surface area contributed by atoms with E-state index in [0.29, 0.717) is 18.4 Å². The van der Waals surface area contributed by atoms with E-state index >= 15 is 0 Å². The van der Waals surface area contributed by atoms with Crippen LogP contribution in [-0.4, -0.2) is 30.4 Å². The van der Waals surface area contributed by atoms with Gasteiger partial charge in [-0.15, -0.1) is 0 Å². The number of dihydropyridines is 1. The predicted octanol–water partition coefficient (Wildman–Crippen LogP) is 5.24. The van der Waals surface area contributed by atoms with Crippen molar-refractivity contribution in [3.8, 4) is 0 Å². The number of ether oxygens (including phenoxy) is 1. The minimum absolute atomic E-state index is 0.231. The van der Waals surface area contributed by atoms with Gasteiger partial charge in [-0.3, -0.25) is 9.79 Å². The van der Waals surface area contributed by atoms with Gasteiger partial charge in [-0.25, -0.2) is 4.39 Å². The second kappa shape index (κ2) is 10.3. The second-order valence-electron chi connectivity index (χ2n) is 8.33. The summed E-state index contributed by atoms with van der Waals surface area (Å²) in [7, 11) is 1.67. The van der Waals surface area contributed by atoms with Crippen molar-refractivity contribution in [1.29, 1.82) is 0 Å². The predicted molar refractivity (Wildman–Crippen MR) is 121 cm³/mol. The molecule has 0 spiro atoms. The number of halogens is 1. The maximum absolute atomic E-state index is 14.0. The molecule has 1 aliphatic rings. The summed E-state index contributed by atoms with van der Waals surface area (Å²) < 4.78 is 19.6. The van der Waals surface area contributed by atoms with Gasteiger partial charge >= 0.3 is 0 Å². The molecule has 30 heavy (non-hydrogen) atoms. The normalized spacial score (nSPS) is 18.0. The number of hydrogen-bond acceptors (Lipinski definition) is 3. The van der Waals surface area contributed by atoms with E-state index in [4.69, 9.17) is 4.74 Å². The lowest BCUT2D eigenvalue weighted by atomic mass is 9.82. The summed E-state index contributed by atoms with van der Waals surface area (Å²) in [4.78, 5) is 17.1. The van der Waals surface area contributed by atoms with Gasteiger partial charge < -0.3 is 10.1 Å². The monoisotopic (exact) mass is 410 g/mol. The summed E-state index contributed by atoms with van der Waals surface area (Å²) in [6.07, 6.45) is 8.96. The average Bonchev–Trinajstić information content (AvgIpc) is 2.72. The molecule has 1 heterocycles. The van der Waals surface area contributed by atoms with Crippen LogP contribution in [-0.2, 0) is 16.0 Å². The molecular formula is C25H31FN2O2. The number of aliphatic imine (C=N–C) groups is 1. The zero-order valence-electron chi connectivity index (χ0n) is 18.2. The van der Waals surface area contributed by atoms with E-state index < -0.39 is 17.0 Å². The molecule has 0 saturated heterocycles. The zero-order valence-corrected chi connectivity index (χ0v) is 18.2. The van der Waals surface area contributed by atoms with Gasteiger partial charge in [0.2, 0.25) is 0 Å². The third-order valence-electron chi connectivity index (χ3n) is 5.01. The standard InChI is InChI=1S/C25H31FN2O2/c1-6-7-13-21(26)22-15-14-20(17-27-22)23(29)28-25(4,18-24(2,3)30-5)16-19-11-9-8-10-12-19/h6-14,17H,1,15-16,18H2,2-5H3,(H,28,29)/b13-7-,22-21-. The smallest absolute Gasteiger partial charge is 0.252 e. The maximum atomic E-state index is 14.0. The number of methoxy groups -OCH3 is 1. The van der Waals surface area contributed by atoms with Crippen LogP contribution in [0.1, 0.15) is 39.2 Å². The summed E-state index contributed by atoms with van der Waals surface area (Å²) >= 11 is 0. The number of carbonyl (C=O) groups is 1. The molecule has 2 rings (SSSR count). The number of carbonyl (C=O) groups excluding carboxylic acids is 1. The average molecular weight is 411 g/mol. The lowest BCUT2D eigenvalue weighted by molar-refractivity contribution is -0.119. The Hall–Kier alpha value is -2.79. The Morgan fingerprint density at radius 2 is 2.00 bits per heavy atom. The summed E-state index contributed by atoms with van der Waals surface area (Å²) in [6, 6.07) is 10.0. The molecule has 1 N–H and O–H groups in total. The SMILES string of the molecule is C=C/C=C\C(F)=C1/CC=C(C(=O)NC(C)(Cc2ccccc2)CC(C)(C)OC)C=N1. The van der Waals surface area contributed by atoms with Crippen LogP contribution in [0.5, 0.6) is 0 Å². The fourth-order valence-electron chi connectivity index (χ4n) is 3.57. The van der Waals surface area contributed by atoms with Crippen LogP contribution in [0.25, 0.3) is 0 Å². The molecule has 1 unspecified atom stereocenters. The molecule has 1 aliphatic heterocycles. The van der Waals surface area contributed by atoms with Crippen molar-refractivity contribution in [3.63, 3.8) is 0 Å². The number of nitrogens with one attached hydrogen (secondary N) is 1. The van der Waals surface area contributed by atoms with Gasteiger partial charge in [0.05, 0.1) is 16.9 Å². The summed E-state index contributed by atoms with van der Waals surface area (Å²) in [5, 5.41) is 3.16. The molecular weight excluding hydrogens is 379 g/mol.